The van der Waals surface area contributed by atoms with Gasteiger partial charge in [-0.2, -0.15) is 0 Å². The second-order valence-electron chi connectivity index (χ2n) is 4.85. The van der Waals surface area contributed by atoms with Crippen molar-refractivity contribution in [2.45, 2.75) is 4.32 Å². The van der Waals surface area contributed by atoms with Gasteiger partial charge in [0.2, 0.25) is 0 Å². The number of hydrogen-bond donors (Lipinski definition) is 0. The van der Waals surface area contributed by atoms with Gasteiger partial charge in [0.15, 0.2) is 0 Å². The number of hydrogen-bond acceptors (Lipinski definition) is 0. The van der Waals surface area contributed by atoms with Crippen LogP contribution < -0.4 is 0 Å². The summed E-state index contributed by atoms with van der Waals surface area (Å²) in [4.78, 5) is 0. The molecular weight excluding hydrogens is 334 g/mol. The van der Waals surface area contributed by atoms with Crippen LogP contribution in [0.3, 0.4) is 0 Å². The minimum absolute atomic E-state index is 0.293. The maximum absolute atomic E-state index is 14.1. The maximum atomic E-state index is 14.1. The van der Waals surface area contributed by atoms with Gasteiger partial charge in [-0.05, 0) is 17.7 Å². The lowest BCUT2D eigenvalue weighted by Gasteiger charge is -2.26. The van der Waals surface area contributed by atoms with E-state index in [4.69, 9.17) is 0 Å². The van der Waals surface area contributed by atoms with E-state index in [1.54, 1.807) is 36.4 Å². The molecule has 0 heterocycles. The molecule has 21 heavy (non-hydrogen) atoms. The summed E-state index contributed by atoms with van der Waals surface area (Å²) in [6, 6.07) is 13.1. The van der Waals surface area contributed by atoms with Crippen LogP contribution in [0.5, 0.6) is 0 Å². The van der Waals surface area contributed by atoms with E-state index in [9.17, 15) is 8.78 Å². The van der Waals surface area contributed by atoms with E-state index in [0.29, 0.717) is 11.1 Å². The van der Waals surface area contributed by atoms with E-state index in [2.05, 4.69) is 15.9 Å². The lowest BCUT2D eigenvalue weighted by Crippen LogP contribution is -2.17. The zero-order valence-corrected chi connectivity index (χ0v) is 12.6. The normalized spacial score (nSPS) is 21.2. The summed E-state index contributed by atoms with van der Waals surface area (Å²) in [6.07, 6.45) is 7.29. The van der Waals surface area contributed by atoms with Crippen LogP contribution in [0, 0.1) is 18.1 Å². The van der Waals surface area contributed by atoms with Crippen LogP contribution in [-0.2, 0) is 4.32 Å². The fourth-order valence-electron chi connectivity index (χ4n) is 2.42. The predicted octanol–water partition coefficient (Wildman–Crippen LogP) is 5.41. The second-order valence-corrected chi connectivity index (χ2v) is 6.17. The first-order valence-electron chi connectivity index (χ1n) is 6.54. The summed E-state index contributed by atoms with van der Waals surface area (Å²) in [7, 11) is 0. The molecule has 1 radical (unpaired) electrons. The summed E-state index contributed by atoms with van der Waals surface area (Å²) >= 11 is 3.57. The molecule has 0 N–H and O–H groups in total. The Morgan fingerprint density at radius 3 is 2.24 bits per heavy atom. The molecule has 0 bridgehead atoms. The van der Waals surface area contributed by atoms with E-state index in [1.165, 1.54) is 12.1 Å². The molecule has 105 valence electrons. The Balaban J connectivity index is 2.09. The highest BCUT2D eigenvalue weighted by Crippen LogP contribution is 2.42. The largest absolute Gasteiger partial charge is 0.207 e. The van der Waals surface area contributed by atoms with Crippen LogP contribution in [0.1, 0.15) is 11.1 Å². The molecule has 0 aromatic heterocycles. The Bertz CT molecular complexity index is 734. The molecule has 0 aliphatic heterocycles. The van der Waals surface area contributed by atoms with Gasteiger partial charge in [0.1, 0.15) is 11.6 Å². The molecule has 3 rings (SSSR count). The van der Waals surface area contributed by atoms with Crippen LogP contribution in [0.25, 0.3) is 5.57 Å². The van der Waals surface area contributed by atoms with Crippen LogP contribution in [0.4, 0.5) is 8.78 Å². The van der Waals surface area contributed by atoms with Gasteiger partial charge in [0.25, 0.3) is 0 Å². The fourth-order valence-corrected chi connectivity index (χ4v) is 3.14. The maximum Gasteiger partial charge on any atom is 0.130 e. The molecule has 1 atom stereocenters. The first kappa shape index (κ1) is 14.2. The zero-order valence-electron chi connectivity index (χ0n) is 11.1. The van der Waals surface area contributed by atoms with E-state index in [-0.39, 0.29) is 11.6 Å². The summed E-state index contributed by atoms with van der Waals surface area (Å²) in [5.74, 6) is -0.594. The van der Waals surface area contributed by atoms with Gasteiger partial charge in [-0.15, -0.1) is 0 Å². The standard InChI is InChI=1S/C18H12BrF2/c19-18(15-8-2-4-10-17(15)21)11-5-6-13(12-18)14-7-1-3-9-16(14)20/h1-12H. The Hall–Kier alpha value is -1.74. The molecule has 1 unspecified atom stereocenters. The van der Waals surface area contributed by atoms with Crippen LogP contribution in [-0.4, -0.2) is 0 Å². The van der Waals surface area contributed by atoms with Crippen molar-refractivity contribution in [3.05, 3.63) is 95.9 Å². The van der Waals surface area contributed by atoms with Crippen molar-refractivity contribution in [2.24, 2.45) is 0 Å². The number of alkyl halides is 1. The second kappa shape index (κ2) is 5.57. The topological polar surface area (TPSA) is 0 Å². The molecule has 0 saturated carbocycles. The van der Waals surface area contributed by atoms with Gasteiger partial charge < -0.3 is 0 Å². The highest BCUT2D eigenvalue weighted by Gasteiger charge is 2.29. The molecule has 0 nitrogen and oxygen atoms in total. The van der Waals surface area contributed by atoms with Gasteiger partial charge in [0.05, 0.1) is 4.32 Å². The van der Waals surface area contributed by atoms with E-state index in [1.807, 2.05) is 24.6 Å². The Kier molecular flexibility index (Phi) is 3.77. The number of allylic oxidation sites excluding steroid dienone is 4. The Morgan fingerprint density at radius 1 is 0.857 bits per heavy atom. The lowest BCUT2D eigenvalue weighted by atomic mass is 9.87. The van der Waals surface area contributed by atoms with Crippen molar-refractivity contribution in [1.82, 2.24) is 0 Å². The molecule has 1 aliphatic rings. The fraction of sp³-hybridized carbons (Fsp3) is 0.0556. The molecular formula is C18H12BrF2. The third-order valence-corrected chi connectivity index (χ3v) is 4.37. The zero-order chi connectivity index (χ0) is 14.9. The third-order valence-electron chi connectivity index (χ3n) is 3.45. The molecule has 1 aliphatic carbocycles. The van der Waals surface area contributed by atoms with Crippen molar-refractivity contribution in [1.29, 1.82) is 0 Å². The molecule has 0 amide bonds. The van der Waals surface area contributed by atoms with Crippen LogP contribution >= 0.6 is 15.9 Å². The molecule has 0 fully saturated rings. The van der Waals surface area contributed by atoms with Gasteiger partial charge in [-0.1, -0.05) is 70.6 Å². The first-order valence-corrected chi connectivity index (χ1v) is 7.34. The van der Waals surface area contributed by atoms with Gasteiger partial charge in [-0.3, -0.25) is 0 Å². The summed E-state index contributed by atoms with van der Waals surface area (Å²) < 4.78 is 27.2. The number of benzene rings is 2. The van der Waals surface area contributed by atoms with E-state index < -0.39 is 4.32 Å². The predicted molar refractivity (Wildman–Crippen MR) is 84.8 cm³/mol. The molecule has 3 heteroatoms. The van der Waals surface area contributed by atoms with Gasteiger partial charge in [0, 0.05) is 17.5 Å². The summed E-state index contributed by atoms with van der Waals surface area (Å²) in [5, 5.41) is 0. The van der Waals surface area contributed by atoms with E-state index >= 15 is 0 Å². The van der Waals surface area contributed by atoms with Crippen molar-refractivity contribution >= 4 is 21.5 Å². The molecule has 2 aromatic rings. The Labute approximate surface area is 130 Å². The van der Waals surface area contributed by atoms with Crippen molar-refractivity contribution < 1.29 is 8.78 Å². The van der Waals surface area contributed by atoms with E-state index in [0.717, 1.165) is 5.57 Å². The minimum atomic E-state index is -0.773. The molecule has 0 spiro atoms. The van der Waals surface area contributed by atoms with Crippen molar-refractivity contribution in [3.8, 4) is 0 Å². The van der Waals surface area contributed by atoms with Crippen molar-refractivity contribution in [2.75, 3.05) is 0 Å². The average molecular weight is 346 g/mol. The molecule has 2 aromatic carbocycles. The highest BCUT2D eigenvalue weighted by molar-refractivity contribution is 9.09. The van der Waals surface area contributed by atoms with Crippen molar-refractivity contribution in [3.63, 3.8) is 0 Å². The third kappa shape index (κ3) is 2.70. The first-order chi connectivity index (χ1) is 10.1. The SMILES string of the molecule is Fc1ccccc1C1=CC(Br)(c2ccccc2F)C=C[CH]1. The van der Waals surface area contributed by atoms with Gasteiger partial charge in [-0.25, -0.2) is 8.78 Å². The molecule has 0 saturated heterocycles. The lowest BCUT2D eigenvalue weighted by molar-refractivity contribution is 0.606. The number of halogens is 3. The van der Waals surface area contributed by atoms with Crippen LogP contribution in [0.2, 0.25) is 0 Å². The Morgan fingerprint density at radius 2 is 1.52 bits per heavy atom. The smallest absolute Gasteiger partial charge is 0.130 e. The quantitative estimate of drug-likeness (QED) is 0.638. The summed E-state index contributed by atoms with van der Waals surface area (Å²) in [5.41, 5.74) is 1.72. The van der Waals surface area contributed by atoms with Crippen LogP contribution in [0.15, 0.2) is 66.8 Å². The summed E-state index contributed by atoms with van der Waals surface area (Å²) in [6.45, 7) is 0. The minimum Gasteiger partial charge on any atom is -0.207 e. The van der Waals surface area contributed by atoms with Gasteiger partial charge >= 0.3 is 0 Å². The average Bonchev–Trinajstić information content (AvgIpc) is 2.48. The highest BCUT2D eigenvalue weighted by atomic mass is 79.9. The number of rotatable bonds is 2. The monoisotopic (exact) mass is 345 g/mol.